The SMILES string of the molecule is COc1ccc(-c2cnc(NC3CCNCC3)c3[nH]c(=O)c(C)cc23)cn1. The van der Waals surface area contributed by atoms with Crippen LogP contribution in [0.5, 0.6) is 5.88 Å². The van der Waals surface area contributed by atoms with Crippen molar-refractivity contribution >= 4 is 16.7 Å². The molecular weight excluding hydrogens is 342 g/mol. The van der Waals surface area contributed by atoms with Crippen LogP contribution < -0.4 is 20.9 Å². The van der Waals surface area contributed by atoms with Gasteiger partial charge in [0.25, 0.3) is 5.56 Å². The Morgan fingerprint density at radius 2 is 2.00 bits per heavy atom. The Balaban J connectivity index is 1.82. The summed E-state index contributed by atoms with van der Waals surface area (Å²) < 4.78 is 5.14. The molecule has 3 aromatic rings. The number of nitrogens with zero attached hydrogens (tertiary/aromatic N) is 2. The minimum atomic E-state index is -0.0948. The van der Waals surface area contributed by atoms with Crippen LogP contribution in [0.1, 0.15) is 18.4 Å². The number of aryl methyl sites for hydroxylation is 1. The monoisotopic (exact) mass is 365 g/mol. The third kappa shape index (κ3) is 3.50. The maximum Gasteiger partial charge on any atom is 0.251 e. The van der Waals surface area contributed by atoms with Crippen LogP contribution in [0.25, 0.3) is 22.0 Å². The molecule has 1 aliphatic rings. The fourth-order valence-corrected chi connectivity index (χ4v) is 3.46. The van der Waals surface area contributed by atoms with Crippen LogP contribution in [0.15, 0.2) is 35.4 Å². The second-order valence-corrected chi connectivity index (χ2v) is 6.85. The lowest BCUT2D eigenvalue weighted by molar-refractivity contribution is 0.398. The van der Waals surface area contributed by atoms with Crippen molar-refractivity contribution in [3.63, 3.8) is 0 Å². The van der Waals surface area contributed by atoms with Crippen molar-refractivity contribution in [3.8, 4) is 17.0 Å². The van der Waals surface area contributed by atoms with Crippen molar-refractivity contribution in [2.24, 2.45) is 0 Å². The molecule has 0 amide bonds. The average molecular weight is 365 g/mol. The van der Waals surface area contributed by atoms with Crippen LogP contribution in [-0.2, 0) is 0 Å². The van der Waals surface area contributed by atoms with Gasteiger partial charge in [0.05, 0.1) is 12.6 Å². The summed E-state index contributed by atoms with van der Waals surface area (Å²) in [6, 6.07) is 6.03. The Kier molecular flexibility index (Phi) is 4.77. The molecule has 1 aliphatic heterocycles. The molecule has 3 aromatic heterocycles. The summed E-state index contributed by atoms with van der Waals surface area (Å²) in [6.07, 6.45) is 5.66. The third-order valence-electron chi connectivity index (χ3n) is 5.01. The fourth-order valence-electron chi connectivity index (χ4n) is 3.46. The van der Waals surface area contributed by atoms with Gasteiger partial charge in [0.15, 0.2) is 5.82 Å². The summed E-state index contributed by atoms with van der Waals surface area (Å²) in [5.41, 5.74) is 3.16. The van der Waals surface area contributed by atoms with Crippen molar-refractivity contribution in [3.05, 3.63) is 46.5 Å². The lowest BCUT2D eigenvalue weighted by Gasteiger charge is -2.25. The van der Waals surface area contributed by atoms with Crippen LogP contribution in [0.4, 0.5) is 5.82 Å². The normalized spacial score (nSPS) is 15.0. The molecule has 7 nitrogen and oxygen atoms in total. The molecule has 1 fully saturated rings. The van der Waals surface area contributed by atoms with Gasteiger partial charge in [-0.05, 0) is 45.0 Å². The van der Waals surface area contributed by atoms with Gasteiger partial charge in [0.2, 0.25) is 5.88 Å². The van der Waals surface area contributed by atoms with Crippen LogP contribution in [0.2, 0.25) is 0 Å². The summed E-state index contributed by atoms with van der Waals surface area (Å²) in [4.78, 5) is 24.2. The number of hydrogen-bond acceptors (Lipinski definition) is 6. The van der Waals surface area contributed by atoms with E-state index in [1.807, 2.05) is 31.3 Å². The van der Waals surface area contributed by atoms with E-state index >= 15 is 0 Å². The third-order valence-corrected chi connectivity index (χ3v) is 5.01. The van der Waals surface area contributed by atoms with Gasteiger partial charge >= 0.3 is 0 Å². The molecular formula is C20H23N5O2. The highest BCUT2D eigenvalue weighted by Crippen LogP contribution is 2.31. The van der Waals surface area contributed by atoms with Gasteiger partial charge in [-0.2, -0.15) is 0 Å². The smallest absolute Gasteiger partial charge is 0.251 e. The van der Waals surface area contributed by atoms with Gasteiger partial charge in [-0.25, -0.2) is 9.97 Å². The predicted molar refractivity (Wildman–Crippen MR) is 106 cm³/mol. The minimum Gasteiger partial charge on any atom is -0.481 e. The molecule has 0 saturated carbocycles. The van der Waals surface area contributed by atoms with Crippen molar-refractivity contribution in [1.82, 2.24) is 20.3 Å². The molecule has 7 heteroatoms. The lowest BCUT2D eigenvalue weighted by Crippen LogP contribution is -2.35. The van der Waals surface area contributed by atoms with Crippen LogP contribution in [0, 0.1) is 6.92 Å². The number of pyridine rings is 3. The van der Waals surface area contributed by atoms with E-state index in [9.17, 15) is 4.79 Å². The Bertz CT molecular complexity index is 1010. The zero-order chi connectivity index (χ0) is 18.8. The molecule has 0 bridgehead atoms. The standard InChI is InChI=1S/C20H23N5O2/c1-12-9-15-16(13-3-4-17(27-2)22-10-13)11-23-19(18(15)25-20(12)26)24-14-5-7-21-8-6-14/h3-4,9-11,14,21H,5-8H2,1-2H3,(H,23,24)(H,25,26). The highest BCUT2D eigenvalue weighted by atomic mass is 16.5. The van der Waals surface area contributed by atoms with E-state index in [1.54, 1.807) is 13.3 Å². The maximum absolute atomic E-state index is 12.3. The molecule has 0 spiro atoms. The first kappa shape index (κ1) is 17.5. The first-order valence-electron chi connectivity index (χ1n) is 9.16. The largest absolute Gasteiger partial charge is 0.481 e. The van der Waals surface area contributed by atoms with Crippen molar-refractivity contribution in [2.75, 3.05) is 25.5 Å². The Labute approximate surface area is 157 Å². The second kappa shape index (κ2) is 7.36. The summed E-state index contributed by atoms with van der Waals surface area (Å²) in [7, 11) is 1.59. The van der Waals surface area contributed by atoms with Gasteiger partial charge in [-0.1, -0.05) is 0 Å². The van der Waals surface area contributed by atoms with E-state index in [-0.39, 0.29) is 5.56 Å². The Hall–Kier alpha value is -2.93. The number of H-pyrrole nitrogens is 1. The summed E-state index contributed by atoms with van der Waals surface area (Å²) in [5.74, 6) is 1.28. The molecule has 0 aliphatic carbocycles. The minimum absolute atomic E-state index is 0.0948. The molecule has 0 unspecified atom stereocenters. The summed E-state index contributed by atoms with van der Waals surface area (Å²) in [5, 5.41) is 7.82. The number of hydrogen-bond donors (Lipinski definition) is 3. The highest BCUT2D eigenvalue weighted by molar-refractivity contribution is 5.99. The van der Waals surface area contributed by atoms with E-state index in [2.05, 4.69) is 25.6 Å². The molecule has 27 heavy (non-hydrogen) atoms. The molecule has 1 saturated heterocycles. The van der Waals surface area contributed by atoms with E-state index in [1.165, 1.54) is 0 Å². The summed E-state index contributed by atoms with van der Waals surface area (Å²) in [6.45, 7) is 3.79. The second-order valence-electron chi connectivity index (χ2n) is 6.85. The molecule has 3 N–H and O–H groups in total. The highest BCUT2D eigenvalue weighted by Gasteiger charge is 2.17. The topological polar surface area (TPSA) is 91.9 Å². The maximum atomic E-state index is 12.3. The molecule has 4 heterocycles. The van der Waals surface area contributed by atoms with E-state index in [0.717, 1.165) is 53.8 Å². The average Bonchev–Trinajstić information content (AvgIpc) is 2.70. The Morgan fingerprint density at radius 3 is 2.70 bits per heavy atom. The molecule has 4 rings (SSSR count). The number of aromatic nitrogens is 3. The van der Waals surface area contributed by atoms with Crippen LogP contribution >= 0.6 is 0 Å². The van der Waals surface area contributed by atoms with Gasteiger partial charge in [-0.3, -0.25) is 4.79 Å². The summed E-state index contributed by atoms with van der Waals surface area (Å²) >= 11 is 0. The van der Waals surface area contributed by atoms with Crippen molar-refractivity contribution < 1.29 is 4.74 Å². The number of nitrogens with one attached hydrogen (secondary N) is 3. The van der Waals surface area contributed by atoms with Gasteiger partial charge in [0.1, 0.15) is 0 Å². The Morgan fingerprint density at radius 1 is 1.19 bits per heavy atom. The number of methoxy groups -OCH3 is 1. The van der Waals surface area contributed by atoms with Gasteiger partial charge in [-0.15, -0.1) is 0 Å². The molecule has 0 radical (unpaired) electrons. The van der Waals surface area contributed by atoms with Gasteiger partial charge < -0.3 is 20.4 Å². The number of piperidine rings is 1. The fraction of sp³-hybridized carbons (Fsp3) is 0.350. The number of fused-ring (bicyclic) bond motifs is 1. The van der Waals surface area contributed by atoms with Crippen LogP contribution in [0.3, 0.4) is 0 Å². The molecule has 140 valence electrons. The van der Waals surface area contributed by atoms with Crippen molar-refractivity contribution in [2.45, 2.75) is 25.8 Å². The zero-order valence-corrected chi connectivity index (χ0v) is 15.5. The predicted octanol–water partition coefficient (Wildman–Crippen LogP) is 2.47. The quantitative estimate of drug-likeness (QED) is 0.658. The van der Waals surface area contributed by atoms with Crippen molar-refractivity contribution in [1.29, 1.82) is 0 Å². The zero-order valence-electron chi connectivity index (χ0n) is 15.5. The lowest BCUT2D eigenvalue weighted by atomic mass is 10.0. The van der Waals surface area contributed by atoms with E-state index in [4.69, 9.17) is 4.74 Å². The van der Waals surface area contributed by atoms with E-state index in [0.29, 0.717) is 17.5 Å². The number of anilines is 1. The first-order valence-corrected chi connectivity index (χ1v) is 9.16. The number of aromatic amines is 1. The first-order chi connectivity index (χ1) is 13.2. The van der Waals surface area contributed by atoms with E-state index < -0.39 is 0 Å². The van der Waals surface area contributed by atoms with Gasteiger partial charge in [0, 0.05) is 46.6 Å². The molecule has 0 atom stereocenters. The van der Waals surface area contributed by atoms with Crippen LogP contribution in [-0.4, -0.2) is 41.2 Å². The number of rotatable bonds is 4. The molecule has 0 aromatic carbocycles. The number of ether oxygens (including phenoxy) is 1.